The highest BCUT2D eigenvalue weighted by Crippen LogP contribution is 2.11. The van der Waals surface area contributed by atoms with Gasteiger partial charge in [-0.2, -0.15) is 0 Å². The normalized spacial score (nSPS) is 17.4. The summed E-state index contributed by atoms with van der Waals surface area (Å²) >= 11 is 0. The van der Waals surface area contributed by atoms with Crippen molar-refractivity contribution in [3.63, 3.8) is 0 Å². The van der Waals surface area contributed by atoms with Crippen LogP contribution in [0, 0.1) is 5.82 Å². The van der Waals surface area contributed by atoms with Crippen LogP contribution in [0.15, 0.2) is 29.3 Å². The van der Waals surface area contributed by atoms with E-state index in [9.17, 15) is 12.8 Å². The van der Waals surface area contributed by atoms with E-state index in [1.807, 2.05) is 6.92 Å². The van der Waals surface area contributed by atoms with Crippen LogP contribution in [0.25, 0.3) is 0 Å². The van der Waals surface area contributed by atoms with Crippen LogP contribution in [0.3, 0.4) is 0 Å². The Labute approximate surface area is 190 Å². The van der Waals surface area contributed by atoms with Crippen LogP contribution in [0.5, 0.6) is 0 Å². The number of ether oxygens (including phenoxy) is 1. The Bertz CT molecular complexity index is 728. The summed E-state index contributed by atoms with van der Waals surface area (Å²) in [4.78, 5) is 4.30. The molecule has 10 heteroatoms. The second-order valence-corrected chi connectivity index (χ2v) is 8.61. The van der Waals surface area contributed by atoms with Gasteiger partial charge in [-0.25, -0.2) is 17.5 Å². The molecular weight excluding hydrogens is 510 g/mol. The van der Waals surface area contributed by atoms with E-state index in [0.29, 0.717) is 44.2 Å². The highest BCUT2D eigenvalue weighted by Gasteiger charge is 2.17. The highest BCUT2D eigenvalue weighted by atomic mass is 127. The third-order valence-electron chi connectivity index (χ3n) is 4.42. The molecule has 0 bridgehead atoms. The molecule has 1 aromatic rings. The Morgan fingerprint density at radius 2 is 2.07 bits per heavy atom. The molecule has 1 heterocycles. The van der Waals surface area contributed by atoms with E-state index in [1.165, 1.54) is 6.07 Å². The summed E-state index contributed by atoms with van der Waals surface area (Å²) in [6.07, 6.45) is 3.47. The van der Waals surface area contributed by atoms with Gasteiger partial charge in [-0.05, 0) is 44.2 Å². The molecule has 1 unspecified atom stereocenters. The molecule has 0 aromatic heterocycles. The summed E-state index contributed by atoms with van der Waals surface area (Å²) in [6.45, 7) is 4.22. The van der Waals surface area contributed by atoms with E-state index in [1.54, 1.807) is 18.2 Å². The highest BCUT2D eigenvalue weighted by molar-refractivity contribution is 14.0. The lowest BCUT2D eigenvalue weighted by atomic mass is 10.1. The molecule has 0 spiro atoms. The molecule has 1 aliphatic heterocycles. The van der Waals surface area contributed by atoms with E-state index in [4.69, 9.17) is 4.74 Å². The molecule has 0 amide bonds. The van der Waals surface area contributed by atoms with Crippen molar-refractivity contribution < 1.29 is 17.5 Å². The van der Waals surface area contributed by atoms with Crippen molar-refractivity contribution in [1.82, 2.24) is 15.4 Å². The molecule has 1 aliphatic rings. The second-order valence-electron chi connectivity index (χ2n) is 6.68. The Kier molecular flexibility index (Phi) is 12.7. The summed E-state index contributed by atoms with van der Waals surface area (Å²) < 4.78 is 46.0. The summed E-state index contributed by atoms with van der Waals surface area (Å²) in [5.74, 6) is 0.193. The molecule has 1 aromatic carbocycles. The number of guanidine groups is 1. The molecule has 3 N–H and O–H groups in total. The minimum Gasteiger partial charge on any atom is -0.377 e. The minimum atomic E-state index is -3.40. The van der Waals surface area contributed by atoms with E-state index in [0.717, 1.165) is 19.3 Å². The zero-order valence-corrected chi connectivity index (χ0v) is 20.0. The first kappa shape index (κ1) is 26.1. The number of hydrogen-bond acceptors (Lipinski definition) is 4. The molecule has 1 atom stereocenters. The molecule has 0 aliphatic carbocycles. The van der Waals surface area contributed by atoms with E-state index >= 15 is 0 Å². The summed E-state index contributed by atoms with van der Waals surface area (Å²) in [7, 11) is -3.40. The maximum atomic E-state index is 13.6. The molecular formula is C19H32FIN4O3S. The van der Waals surface area contributed by atoms with Gasteiger partial charge in [0.15, 0.2) is 5.96 Å². The smallest absolute Gasteiger partial charge is 0.213 e. The largest absolute Gasteiger partial charge is 0.377 e. The van der Waals surface area contributed by atoms with Gasteiger partial charge in [0.25, 0.3) is 0 Å². The van der Waals surface area contributed by atoms with Gasteiger partial charge in [-0.15, -0.1) is 24.0 Å². The predicted octanol–water partition coefficient (Wildman–Crippen LogP) is 2.03. The molecule has 166 valence electrons. The molecule has 29 heavy (non-hydrogen) atoms. The Morgan fingerprint density at radius 3 is 2.76 bits per heavy atom. The number of hydrogen-bond donors (Lipinski definition) is 3. The van der Waals surface area contributed by atoms with Crippen molar-refractivity contribution in [3.8, 4) is 0 Å². The lowest BCUT2D eigenvalue weighted by Gasteiger charge is -2.22. The van der Waals surface area contributed by atoms with E-state index in [2.05, 4.69) is 20.3 Å². The monoisotopic (exact) mass is 542 g/mol. The predicted molar refractivity (Wildman–Crippen MR) is 125 cm³/mol. The summed E-state index contributed by atoms with van der Waals surface area (Å²) in [6, 6.07) is 6.64. The zero-order chi connectivity index (χ0) is 20.2. The Balaban J connectivity index is 0.00000420. The lowest BCUT2D eigenvalue weighted by Crippen LogP contribution is -2.39. The Hall–Kier alpha value is -0.980. The SMILES string of the molecule is CCNC(=NCCS(=O)(=O)NCC1CCCCO1)NCCc1ccccc1F.I. The van der Waals surface area contributed by atoms with Gasteiger partial charge in [0.05, 0.1) is 18.4 Å². The fourth-order valence-electron chi connectivity index (χ4n) is 2.90. The number of sulfonamides is 1. The first-order chi connectivity index (χ1) is 13.5. The van der Waals surface area contributed by atoms with Crippen LogP contribution in [0.4, 0.5) is 4.39 Å². The molecule has 7 nitrogen and oxygen atoms in total. The maximum Gasteiger partial charge on any atom is 0.213 e. The third kappa shape index (κ3) is 10.6. The average molecular weight is 542 g/mol. The maximum absolute atomic E-state index is 13.6. The average Bonchev–Trinajstić information content (AvgIpc) is 2.69. The van der Waals surface area contributed by atoms with Crippen molar-refractivity contribution >= 4 is 40.0 Å². The van der Waals surface area contributed by atoms with Crippen molar-refractivity contribution in [2.75, 3.05) is 38.5 Å². The number of benzene rings is 1. The molecule has 2 rings (SSSR count). The van der Waals surface area contributed by atoms with Crippen LogP contribution in [-0.4, -0.2) is 59.0 Å². The van der Waals surface area contributed by atoms with Crippen LogP contribution in [-0.2, 0) is 21.2 Å². The van der Waals surface area contributed by atoms with Gasteiger partial charge in [-0.3, -0.25) is 4.99 Å². The fraction of sp³-hybridized carbons (Fsp3) is 0.632. The van der Waals surface area contributed by atoms with E-state index in [-0.39, 0.29) is 48.2 Å². The molecule has 1 fully saturated rings. The third-order valence-corrected chi connectivity index (χ3v) is 5.75. The Morgan fingerprint density at radius 1 is 1.28 bits per heavy atom. The van der Waals surface area contributed by atoms with Crippen LogP contribution < -0.4 is 15.4 Å². The number of nitrogens with one attached hydrogen (secondary N) is 3. The minimum absolute atomic E-state index is 0. The van der Waals surface area contributed by atoms with Gasteiger partial charge >= 0.3 is 0 Å². The van der Waals surface area contributed by atoms with Gasteiger partial charge < -0.3 is 15.4 Å². The zero-order valence-electron chi connectivity index (χ0n) is 16.8. The number of halogens is 2. The van der Waals surface area contributed by atoms with E-state index < -0.39 is 10.0 Å². The second kappa shape index (κ2) is 14.1. The van der Waals surface area contributed by atoms with Crippen LogP contribution in [0.1, 0.15) is 31.7 Å². The van der Waals surface area contributed by atoms with Crippen molar-refractivity contribution in [2.45, 2.75) is 38.7 Å². The van der Waals surface area contributed by atoms with Crippen LogP contribution in [0.2, 0.25) is 0 Å². The van der Waals surface area contributed by atoms with Gasteiger partial charge in [0.2, 0.25) is 10.0 Å². The standard InChI is InChI=1S/C19H31FN4O3S.HI/c1-2-21-19(22-11-10-16-7-3-4-9-18(16)20)23-12-14-28(25,26)24-15-17-8-5-6-13-27-17;/h3-4,7,9,17,24H,2,5-6,8,10-15H2,1H3,(H2,21,22,23);1H. The van der Waals surface area contributed by atoms with Gasteiger partial charge in [0, 0.05) is 26.2 Å². The quantitative estimate of drug-likeness (QED) is 0.239. The van der Waals surface area contributed by atoms with Gasteiger partial charge in [-0.1, -0.05) is 18.2 Å². The number of aliphatic imine (C=N–C) groups is 1. The van der Waals surface area contributed by atoms with Crippen molar-refractivity contribution in [2.24, 2.45) is 4.99 Å². The first-order valence-electron chi connectivity index (χ1n) is 9.84. The van der Waals surface area contributed by atoms with Crippen molar-refractivity contribution in [3.05, 3.63) is 35.6 Å². The van der Waals surface area contributed by atoms with Crippen LogP contribution >= 0.6 is 24.0 Å². The molecule has 0 saturated carbocycles. The summed E-state index contributed by atoms with van der Waals surface area (Å²) in [5, 5.41) is 6.17. The van der Waals surface area contributed by atoms with Crippen molar-refractivity contribution in [1.29, 1.82) is 0 Å². The number of rotatable bonds is 10. The fourth-order valence-corrected chi connectivity index (χ4v) is 3.81. The summed E-state index contributed by atoms with van der Waals surface area (Å²) in [5.41, 5.74) is 0.627. The lowest BCUT2D eigenvalue weighted by molar-refractivity contribution is 0.0200. The number of nitrogens with zero attached hydrogens (tertiary/aromatic N) is 1. The molecule has 0 radical (unpaired) electrons. The first-order valence-corrected chi connectivity index (χ1v) is 11.5. The topological polar surface area (TPSA) is 91.8 Å². The van der Waals surface area contributed by atoms with Gasteiger partial charge in [0.1, 0.15) is 5.82 Å². The molecule has 1 saturated heterocycles.